The zero-order chi connectivity index (χ0) is 26.4. The molecule has 0 unspecified atom stereocenters. The smallest absolute Gasteiger partial charge is 0.256 e. The first-order valence-electron chi connectivity index (χ1n) is 13.3. The number of anilines is 2. The predicted octanol–water partition coefficient (Wildman–Crippen LogP) is 4.85. The van der Waals surface area contributed by atoms with E-state index in [1.54, 1.807) is 17.0 Å². The Balaban J connectivity index is 1.44. The number of nitrogens with zero attached hydrogens (tertiary/aromatic N) is 3. The number of hydrogen-bond donors (Lipinski definition) is 1. The van der Waals surface area contributed by atoms with Crippen molar-refractivity contribution in [2.24, 2.45) is 5.92 Å². The second-order valence-electron chi connectivity index (χ2n) is 10.1. The van der Waals surface area contributed by atoms with Gasteiger partial charge in [-0.25, -0.2) is 0 Å². The number of amides is 2. The third kappa shape index (κ3) is 6.87. The average molecular weight is 523 g/mol. The van der Waals surface area contributed by atoms with Gasteiger partial charge >= 0.3 is 0 Å². The van der Waals surface area contributed by atoms with Crippen LogP contribution in [0.3, 0.4) is 0 Å². The first-order chi connectivity index (χ1) is 17.9. The van der Waals surface area contributed by atoms with Crippen LogP contribution in [0.4, 0.5) is 11.4 Å². The topological polar surface area (TPSA) is 65.1 Å². The van der Waals surface area contributed by atoms with Gasteiger partial charge in [-0.15, -0.1) is 0 Å². The molecule has 1 N–H and O–H groups in total. The van der Waals surface area contributed by atoms with Gasteiger partial charge in [-0.3, -0.25) is 14.5 Å². The molecule has 2 aromatic rings. The van der Waals surface area contributed by atoms with Gasteiger partial charge < -0.3 is 19.9 Å². The summed E-state index contributed by atoms with van der Waals surface area (Å²) < 4.78 is 5.47. The van der Waals surface area contributed by atoms with Crippen LogP contribution in [0.15, 0.2) is 48.5 Å². The molecule has 0 radical (unpaired) electrons. The normalized spacial score (nSPS) is 18.9. The standard InChI is InChI=1S/C29H38N4O3S/c1-4-36-25-12-8-23(9-13-25)30-27(34)20-26-28(35)33(24-10-6-21(2)7-11-24)29(37)32(26)17-5-16-31-18-14-22(3)15-19-31/h6-13,22,26H,4-5,14-20H2,1-3H3,(H,30,34)/t26-/m1/s1. The van der Waals surface area contributed by atoms with Crippen molar-refractivity contribution in [3.8, 4) is 5.75 Å². The number of rotatable bonds is 10. The Labute approximate surface area is 225 Å². The highest BCUT2D eigenvalue weighted by atomic mass is 32.1. The molecule has 2 heterocycles. The molecule has 2 aromatic carbocycles. The van der Waals surface area contributed by atoms with E-state index >= 15 is 0 Å². The van der Waals surface area contributed by atoms with Crippen molar-refractivity contribution in [3.63, 3.8) is 0 Å². The second kappa shape index (κ2) is 12.5. The van der Waals surface area contributed by atoms with E-state index in [4.69, 9.17) is 17.0 Å². The maximum Gasteiger partial charge on any atom is 0.256 e. The zero-order valence-corrected chi connectivity index (χ0v) is 22.9. The monoisotopic (exact) mass is 522 g/mol. The van der Waals surface area contributed by atoms with Crippen LogP contribution in [0.2, 0.25) is 0 Å². The minimum atomic E-state index is -0.627. The molecule has 2 fully saturated rings. The third-order valence-corrected chi connectivity index (χ3v) is 7.61. The number of carbonyl (C=O) groups is 2. The molecule has 198 valence electrons. The lowest BCUT2D eigenvalue weighted by molar-refractivity contribution is -0.124. The molecular formula is C29H38N4O3S. The van der Waals surface area contributed by atoms with Crippen LogP contribution in [0, 0.1) is 12.8 Å². The molecule has 0 saturated carbocycles. The lowest BCUT2D eigenvalue weighted by Crippen LogP contribution is -2.40. The SMILES string of the molecule is CCOc1ccc(NC(=O)C[C@@H]2C(=O)N(c3ccc(C)cc3)C(=S)N2CCCN2CCC(C)CC2)cc1. The Bertz CT molecular complexity index is 1080. The summed E-state index contributed by atoms with van der Waals surface area (Å²) >= 11 is 5.81. The maximum absolute atomic E-state index is 13.6. The fourth-order valence-electron chi connectivity index (χ4n) is 4.96. The second-order valence-corrected chi connectivity index (χ2v) is 10.5. The minimum absolute atomic E-state index is 0.0375. The van der Waals surface area contributed by atoms with Gasteiger partial charge in [0, 0.05) is 12.2 Å². The summed E-state index contributed by atoms with van der Waals surface area (Å²) in [5.41, 5.74) is 2.52. The van der Waals surface area contributed by atoms with Gasteiger partial charge in [0.2, 0.25) is 5.91 Å². The van der Waals surface area contributed by atoms with E-state index in [2.05, 4.69) is 17.1 Å². The summed E-state index contributed by atoms with van der Waals surface area (Å²) in [6.07, 6.45) is 3.39. The van der Waals surface area contributed by atoms with E-state index in [0.29, 0.717) is 24.0 Å². The van der Waals surface area contributed by atoms with Crippen molar-refractivity contribution >= 4 is 40.5 Å². The number of carbonyl (C=O) groups excluding carboxylic acids is 2. The summed E-state index contributed by atoms with van der Waals surface area (Å²) in [4.78, 5) is 32.7. The molecule has 8 heteroatoms. The number of nitrogens with one attached hydrogen (secondary N) is 1. The summed E-state index contributed by atoms with van der Waals surface area (Å²) in [7, 11) is 0. The molecule has 2 aliphatic heterocycles. The Morgan fingerprint density at radius 2 is 1.73 bits per heavy atom. The van der Waals surface area contributed by atoms with Crippen LogP contribution < -0.4 is 15.0 Å². The molecule has 2 aliphatic rings. The number of thiocarbonyl (C=S) groups is 1. The van der Waals surface area contributed by atoms with Gasteiger partial charge in [-0.2, -0.15) is 0 Å². The third-order valence-electron chi connectivity index (χ3n) is 7.19. The van der Waals surface area contributed by atoms with Crippen molar-refractivity contribution in [2.45, 2.75) is 52.5 Å². The molecule has 2 saturated heterocycles. The van der Waals surface area contributed by atoms with E-state index in [1.165, 1.54) is 12.8 Å². The number of hydrogen-bond acceptors (Lipinski definition) is 5. The quantitative estimate of drug-likeness (QED) is 0.450. The van der Waals surface area contributed by atoms with Crippen LogP contribution in [0.25, 0.3) is 0 Å². The number of aryl methyl sites for hydroxylation is 1. The molecule has 4 rings (SSSR count). The van der Waals surface area contributed by atoms with Gasteiger partial charge in [0.1, 0.15) is 11.8 Å². The van der Waals surface area contributed by atoms with Crippen LogP contribution in [0.1, 0.15) is 45.1 Å². The zero-order valence-electron chi connectivity index (χ0n) is 22.1. The molecule has 0 bridgehead atoms. The van der Waals surface area contributed by atoms with Crippen LogP contribution in [-0.4, -0.2) is 65.6 Å². The van der Waals surface area contributed by atoms with Gasteiger partial charge in [-0.05, 0) is 107 Å². The number of benzene rings is 2. The lowest BCUT2D eigenvalue weighted by atomic mass is 9.99. The lowest BCUT2D eigenvalue weighted by Gasteiger charge is -2.31. The Hall–Kier alpha value is -2.97. The van der Waals surface area contributed by atoms with E-state index < -0.39 is 6.04 Å². The van der Waals surface area contributed by atoms with Crippen molar-refractivity contribution in [3.05, 3.63) is 54.1 Å². The summed E-state index contributed by atoms with van der Waals surface area (Å²) in [6.45, 7) is 10.7. The number of piperidine rings is 1. The predicted molar refractivity (Wildman–Crippen MR) is 152 cm³/mol. The molecule has 37 heavy (non-hydrogen) atoms. The van der Waals surface area contributed by atoms with E-state index in [9.17, 15) is 9.59 Å². The van der Waals surface area contributed by atoms with Gasteiger partial charge in [-0.1, -0.05) is 24.6 Å². The molecule has 0 aromatic heterocycles. The van der Waals surface area contributed by atoms with Gasteiger partial charge in [0.15, 0.2) is 5.11 Å². The highest BCUT2D eigenvalue weighted by Gasteiger charge is 2.43. The van der Waals surface area contributed by atoms with E-state index in [0.717, 1.165) is 49.0 Å². The van der Waals surface area contributed by atoms with Crippen LogP contribution in [0.5, 0.6) is 5.75 Å². The highest BCUT2D eigenvalue weighted by molar-refractivity contribution is 7.80. The fourth-order valence-corrected chi connectivity index (χ4v) is 5.37. The van der Waals surface area contributed by atoms with Crippen molar-refractivity contribution in [1.82, 2.24) is 9.80 Å². The molecule has 0 aliphatic carbocycles. The Morgan fingerprint density at radius 1 is 1.05 bits per heavy atom. The van der Waals surface area contributed by atoms with Gasteiger partial charge in [0.25, 0.3) is 5.91 Å². The van der Waals surface area contributed by atoms with E-state index in [-0.39, 0.29) is 18.2 Å². The van der Waals surface area contributed by atoms with Crippen molar-refractivity contribution in [1.29, 1.82) is 0 Å². The van der Waals surface area contributed by atoms with Crippen LogP contribution >= 0.6 is 12.2 Å². The summed E-state index contributed by atoms with van der Waals surface area (Å²) in [5, 5.41) is 3.40. The number of ether oxygens (including phenoxy) is 1. The summed E-state index contributed by atoms with van der Waals surface area (Å²) in [5.74, 6) is 1.18. The van der Waals surface area contributed by atoms with Crippen molar-refractivity contribution < 1.29 is 14.3 Å². The summed E-state index contributed by atoms with van der Waals surface area (Å²) in [6, 6.07) is 14.4. The van der Waals surface area contributed by atoms with Gasteiger partial charge in [0.05, 0.1) is 18.7 Å². The first-order valence-corrected chi connectivity index (χ1v) is 13.7. The molecule has 0 spiro atoms. The maximum atomic E-state index is 13.6. The molecule has 2 amide bonds. The highest BCUT2D eigenvalue weighted by Crippen LogP contribution is 2.28. The first kappa shape index (κ1) is 27.1. The molecule has 1 atom stereocenters. The molecule has 7 nitrogen and oxygen atoms in total. The van der Waals surface area contributed by atoms with E-state index in [1.807, 2.05) is 55.1 Å². The number of likely N-dealkylation sites (tertiary alicyclic amines) is 1. The fraction of sp³-hybridized carbons (Fsp3) is 0.483. The largest absolute Gasteiger partial charge is 0.494 e. The minimum Gasteiger partial charge on any atom is -0.494 e. The van der Waals surface area contributed by atoms with Crippen molar-refractivity contribution in [2.75, 3.05) is 43.0 Å². The average Bonchev–Trinajstić information content (AvgIpc) is 3.11. The van der Waals surface area contributed by atoms with Crippen LogP contribution in [-0.2, 0) is 9.59 Å². The Morgan fingerprint density at radius 3 is 2.38 bits per heavy atom. The molecular weight excluding hydrogens is 484 g/mol. The Kier molecular flexibility index (Phi) is 9.16.